The van der Waals surface area contributed by atoms with Gasteiger partial charge in [-0.1, -0.05) is 41.4 Å². The number of nitrogens with one attached hydrogen (secondary N) is 1. The van der Waals surface area contributed by atoms with E-state index in [4.69, 9.17) is 27.9 Å². The number of ether oxygens (including phenoxy) is 1. The monoisotopic (exact) mass is 337 g/mol. The first kappa shape index (κ1) is 16.3. The van der Waals surface area contributed by atoms with Crippen LogP contribution in [-0.4, -0.2) is 18.5 Å². The molecule has 0 radical (unpaired) electrons. The third kappa shape index (κ3) is 4.23. The van der Waals surface area contributed by atoms with Crippen molar-refractivity contribution < 1.29 is 14.3 Å². The minimum Gasteiger partial charge on any atom is -0.452 e. The van der Waals surface area contributed by atoms with E-state index in [1.54, 1.807) is 37.3 Å². The second-order valence-corrected chi connectivity index (χ2v) is 5.38. The lowest BCUT2D eigenvalue weighted by molar-refractivity contribution is -0.119. The highest BCUT2D eigenvalue weighted by Crippen LogP contribution is 2.24. The van der Waals surface area contributed by atoms with Crippen LogP contribution in [0.4, 0.5) is 5.69 Å². The summed E-state index contributed by atoms with van der Waals surface area (Å²) in [6.45, 7) is 1.42. The summed E-state index contributed by atoms with van der Waals surface area (Å²) in [4.78, 5) is 23.6. The highest BCUT2D eigenvalue weighted by atomic mass is 35.5. The summed E-state index contributed by atoms with van der Waals surface area (Å²) in [5.74, 6) is -0.997. The van der Waals surface area contributed by atoms with Gasteiger partial charge in [0.05, 0.1) is 15.6 Å². The Labute approximate surface area is 138 Å². The van der Waals surface area contributed by atoms with Gasteiger partial charge in [0.25, 0.3) is 5.91 Å². The molecule has 0 saturated carbocycles. The number of benzene rings is 2. The van der Waals surface area contributed by atoms with Gasteiger partial charge in [-0.15, -0.1) is 0 Å². The SMILES string of the molecule is Cc1ccccc1C(=O)OCC(=O)Nc1ccc(Cl)c(Cl)c1. The van der Waals surface area contributed by atoms with E-state index in [0.717, 1.165) is 5.56 Å². The molecule has 2 aromatic carbocycles. The maximum atomic E-state index is 11.9. The molecule has 2 aromatic rings. The average molecular weight is 338 g/mol. The molecule has 0 aromatic heterocycles. The lowest BCUT2D eigenvalue weighted by atomic mass is 10.1. The number of carbonyl (C=O) groups is 2. The second kappa shape index (κ2) is 7.29. The third-order valence-electron chi connectivity index (χ3n) is 2.90. The maximum absolute atomic E-state index is 11.9. The molecule has 0 unspecified atom stereocenters. The molecule has 6 heteroatoms. The molecule has 1 amide bonds. The summed E-state index contributed by atoms with van der Waals surface area (Å²) in [7, 11) is 0. The van der Waals surface area contributed by atoms with Gasteiger partial charge in [0.2, 0.25) is 0 Å². The summed E-state index contributed by atoms with van der Waals surface area (Å²) < 4.78 is 4.99. The number of hydrogen-bond donors (Lipinski definition) is 1. The number of amides is 1. The van der Waals surface area contributed by atoms with Crippen LogP contribution in [0.2, 0.25) is 10.0 Å². The minimum absolute atomic E-state index is 0.330. The molecule has 0 spiro atoms. The largest absolute Gasteiger partial charge is 0.452 e. The lowest BCUT2D eigenvalue weighted by Gasteiger charge is -2.08. The molecule has 0 aliphatic heterocycles. The van der Waals surface area contributed by atoms with Crippen LogP contribution in [0.15, 0.2) is 42.5 Å². The van der Waals surface area contributed by atoms with Crippen LogP contribution in [-0.2, 0) is 9.53 Å². The van der Waals surface area contributed by atoms with Gasteiger partial charge in [-0.25, -0.2) is 4.79 Å². The number of hydrogen-bond acceptors (Lipinski definition) is 3. The van der Waals surface area contributed by atoms with E-state index < -0.39 is 11.9 Å². The summed E-state index contributed by atoms with van der Waals surface area (Å²) in [6.07, 6.45) is 0. The molecule has 0 heterocycles. The molecule has 114 valence electrons. The van der Waals surface area contributed by atoms with Crippen molar-refractivity contribution in [3.8, 4) is 0 Å². The zero-order valence-electron chi connectivity index (χ0n) is 11.7. The number of rotatable bonds is 4. The molecule has 0 fully saturated rings. The second-order valence-electron chi connectivity index (χ2n) is 4.57. The number of anilines is 1. The predicted octanol–water partition coefficient (Wildman–Crippen LogP) is 4.10. The average Bonchev–Trinajstić information content (AvgIpc) is 2.49. The normalized spacial score (nSPS) is 10.1. The van der Waals surface area contributed by atoms with Crippen molar-refractivity contribution in [2.45, 2.75) is 6.92 Å². The maximum Gasteiger partial charge on any atom is 0.338 e. The Morgan fingerprint density at radius 1 is 1.09 bits per heavy atom. The van der Waals surface area contributed by atoms with Crippen molar-refractivity contribution in [1.29, 1.82) is 0 Å². The van der Waals surface area contributed by atoms with Gasteiger partial charge < -0.3 is 10.1 Å². The van der Waals surface area contributed by atoms with Gasteiger partial charge in [0, 0.05) is 5.69 Å². The number of carbonyl (C=O) groups excluding carboxylic acids is 2. The Hall–Kier alpha value is -2.04. The zero-order chi connectivity index (χ0) is 16.1. The Balaban J connectivity index is 1.91. The van der Waals surface area contributed by atoms with Gasteiger partial charge in [-0.3, -0.25) is 4.79 Å². The van der Waals surface area contributed by atoms with E-state index in [1.165, 1.54) is 6.07 Å². The molecule has 0 aliphatic carbocycles. The fourth-order valence-corrected chi connectivity index (χ4v) is 2.08. The Morgan fingerprint density at radius 3 is 2.50 bits per heavy atom. The summed E-state index contributed by atoms with van der Waals surface area (Å²) in [6, 6.07) is 11.7. The topological polar surface area (TPSA) is 55.4 Å². The number of esters is 1. The molecule has 22 heavy (non-hydrogen) atoms. The van der Waals surface area contributed by atoms with E-state index in [1.807, 2.05) is 6.07 Å². The first-order chi connectivity index (χ1) is 10.5. The molecule has 2 rings (SSSR count). The Bertz CT molecular complexity index is 716. The summed E-state index contributed by atoms with van der Waals surface area (Å²) in [5, 5.41) is 3.30. The van der Waals surface area contributed by atoms with Crippen LogP contribution >= 0.6 is 23.2 Å². The third-order valence-corrected chi connectivity index (χ3v) is 3.64. The standard InChI is InChI=1S/C16H13Cl2NO3/c1-10-4-2-3-5-12(10)16(21)22-9-15(20)19-11-6-7-13(17)14(18)8-11/h2-8H,9H2,1H3,(H,19,20). The molecule has 0 aliphatic rings. The van der Waals surface area contributed by atoms with E-state index in [2.05, 4.69) is 5.32 Å². The fraction of sp³-hybridized carbons (Fsp3) is 0.125. The minimum atomic E-state index is -0.539. The highest BCUT2D eigenvalue weighted by molar-refractivity contribution is 6.42. The van der Waals surface area contributed by atoms with Crippen molar-refractivity contribution >= 4 is 40.8 Å². The quantitative estimate of drug-likeness (QED) is 0.854. The zero-order valence-corrected chi connectivity index (χ0v) is 13.2. The Morgan fingerprint density at radius 2 is 1.82 bits per heavy atom. The van der Waals surface area contributed by atoms with Gasteiger partial charge >= 0.3 is 5.97 Å². The first-order valence-corrected chi connectivity index (χ1v) is 7.20. The van der Waals surface area contributed by atoms with Crippen LogP contribution in [0.25, 0.3) is 0 Å². The van der Waals surface area contributed by atoms with Gasteiger partial charge in [0.1, 0.15) is 0 Å². The van der Waals surface area contributed by atoms with E-state index in [9.17, 15) is 9.59 Å². The van der Waals surface area contributed by atoms with Crippen LogP contribution in [0.5, 0.6) is 0 Å². The molecular weight excluding hydrogens is 325 g/mol. The van der Waals surface area contributed by atoms with Crippen molar-refractivity contribution in [3.05, 3.63) is 63.6 Å². The van der Waals surface area contributed by atoms with E-state index in [-0.39, 0.29) is 6.61 Å². The molecule has 1 N–H and O–H groups in total. The van der Waals surface area contributed by atoms with Crippen molar-refractivity contribution in [2.24, 2.45) is 0 Å². The first-order valence-electron chi connectivity index (χ1n) is 6.45. The Kier molecular flexibility index (Phi) is 5.41. The van der Waals surface area contributed by atoms with Crippen LogP contribution in [0.1, 0.15) is 15.9 Å². The molecule has 0 bridgehead atoms. The van der Waals surface area contributed by atoms with Gasteiger partial charge in [0.15, 0.2) is 6.61 Å². The smallest absolute Gasteiger partial charge is 0.338 e. The fourth-order valence-electron chi connectivity index (χ4n) is 1.78. The highest BCUT2D eigenvalue weighted by Gasteiger charge is 2.12. The van der Waals surface area contributed by atoms with Gasteiger partial charge in [-0.2, -0.15) is 0 Å². The van der Waals surface area contributed by atoms with E-state index in [0.29, 0.717) is 21.3 Å². The van der Waals surface area contributed by atoms with Crippen molar-refractivity contribution in [2.75, 3.05) is 11.9 Å². The number of halogens is 2. The summed E-state index contributed by atoms with van der Waals surface area (Å²) >= 11 is 11.6. The van der Waals surface area contributed by atoms with Gasteiger partial charge in [-0.05, 0) is 36.8 Å². The lowest BCUT2D eigenvalue weighted by Crippen LogP contribution is -2.21. The van der Waals surface area contributed by atoms with Crippen LogP contribution < -0.4 is 5.32 Å². The van der Waals surface area contributed by atoms with E-state index >= 15 is 0 Å². The molecule has 4 nitrogen and oxygen atoms in total. The molecular formula is C16H13Cl2NO3. The molecule has 0 saturated heterocycles. The van der Waals surface area contributed by atoms with Crippen LogP contribution in [0.3, 0.4) is 0 Å². The number of aryl methyl sites for hydroxylation is 1. The predicted molar refractivity (Wildman–Crippen MR) is 86.6 cm³/mol. The molecule has 0 atom stereocenters. The summed E-state index contributed by atoms with van der Waals surface area (Å²) in [5.41, 5.74) is 1.70. The van der Waals surface area contributed by atoms with Crippen LogP contribution in [0, 0.1) is 6.92 Å². The van der Waals surface area contributed by atoms with Crippen molar-refractivity contribution in [3.63, 3.8) is 0 Å². The van der Waals surface area contributed by atoms with Crippen molar-refractivity contribution in [1.82, 2.24) is 0 Å².